The van der Waals surface area contributed by atoms with Gasteiger partial charge in [-0.3, -0.25) is 4.79 Å². The number of carbonyl (C=O) groups excluding carboxylic acids is 1. The Balaban J connectivity index is 1.55. The van der Waals surface area contributed by atoms with Crippen LogP contribution in [0, 0.1) is 11.7 Å². The summed E-state index contributed by atoms with van der Waals surface area (Å²) in [7, 11) is 1.43. The molecular formula is C22H22FN3O2S. The zero-order valence-corrected chi connectivity index (χ0v) is 16.9. The van der Waals surface area contributed by atoms with Gasteiger partial charge in [0, 0.05) is 25.4 Å². The molecule has 1 fully saturated rings. The molecule has 0 N–H and O–H groups in total. The molecule has 3 aromatic rings. The number of piperidine rings is 1. The van der Waals surface area contributed by atoms with Crippen LogP contribution in [0.2, 0.25) is 0 Å². The molecule has 2 atom stereocenters. The van der Waals surface area contributed by atoms with E-state index in [1.165, 1.54) is 30.1 Å². The van der Waals surface area contributed by atoms with E-state index < -0.39 is 0 Å². The van der Waals surface area contributed by atoms with E-state index >= 15 is 0 Å². The van der Waals surface area contributed by atoms with Gasteiger partial charge in [-0.05, 0) is 23.6 Å². The van der Waals surface area contributed by atoms with Crippen LogP contribution < -0.4 is 4.90 Å². The van der Waals surface area contributed by atoms with Gasteiger partial charge >= 0.3 is 5.97 Å². The summed E-state index contributed by atoms with van der Waals surface area (Å²) in [6.07, 6.45) is 1.15. The van der Waals surface area contributed by atoms with E-state index in [0.717, 1.165) is 23.1 Å². The van der Waals surface area contributed by atoms with Crippen molar-refractivity contribution >= 4 is 22.4 Å². The second-order valence-electron chi connectivity index (χ2n) is 7.21. The lowest BCUT2D eigenvalue weighted by molar-refractivity contribution is -0.145. The molecule has 0 spiro atoms. The Morgan fingerprint density at radius 2 is 1.90 bits per heavy atom. The summed E-state index contributed by atoms with van der Waals surface area (Å²) < 4.78 is 19.0. The number of ether oxygens (including phenoxy) is 1. The number of esters is 1. The molecule has 2 heterocycles. The third kappa shape index (κ3) is 4.45. The molecule has 0 amide bonds. The van der Waals surface area contributed by atoms with E-state index in [-0.39, 0.29) is 23.6 Å². The van der Waals surface area contributed by atoms with Crippen LogP contribution in [0.5, 0.6) is 0 Å². The molecule has 0 aliphatic carbocycles. The summed E-state index contributed by atoms with van der Waals surface area (Å²) in [5.74, 6) is -0.463. The second kappa shape index (κ2) is 8.69. The minimum atomic E-state index is -0.239. The fourth-order valence-corrected chi connectivity index (χ4v) is 4.69. The minimum absolute atomic E-state index is 0.202. The summed E-state index contributed by atoms with van der Waals surface area (Å²) in [4.78, 5) is 14.4. The Hall–Kier alpha value is -2.80. The normalized spacial score (nSPS) is 19.2. The molecule has 0 radical (unpaired) electrons. The first-order chi connectivity index (χ1) is 14.1. The molecule has 7 heteroatoms. The number of hydrogen-bond donors (Lipinski definition) is 0. The van der Waals surface area contributed by atoms with Crippen LogP contribution in [-0.4, -0.2) is 36.4 Å². The van der Waals surface area contributed by atoms with Gasteiger partial charge in [0.05, 0.1) is 13.0 Å². The molecule has 2 unspecified atom stereocenters. The van der Waals surface area contributed by atoms with Crippen LogP contribution in [0.3, 0.4) is 0 Å². The van der Waals surface area contributed by atoms with Gasteiger partial charge in [-0.2, -0.15) is 0 Å². The molecule has 1 saturated heterocycles. The monoisotopic (exact) mass is 411 g/mol. The molecule has 0 saturated carbocycles. The molecule has 4 rings (SSSR count). The lowest BCUT2D eigenvalue weighted by Crippen LogP contribution is -2.42. The van der Waals surface area contributed by atoms with Crippen molar-refractivity contribution in [1.29, 1.82) is 0 Å². The largest absolute Gasteiger partial charge is 0.469 e. The molecule has 5 nitrogen and oxygen atoms in total. The highest BCUT2D eigenvalue weighted by Gasteiger charge is 2.34. The number of benzene rings is 2. The van der Waals surface area contributed by atoms with E-state index in [2.05, 4.69) is 27.2 Å². The first kappa shape index (κ1) is 19.5. The van der Waals surface area contributed by atoms with E-state index in [4.69, 9.17) is 4.74 Å². The summed E-state index contributed by atoms with van der Waals surface area (Å²) >= 11 is 1.45. The average molecular weight is 412 g/mol. The van der Waals surface area contributed by atoms with Crippen molar-refractivity contribution < 1.29 is 13.9 Å². The van der Waals surface area contributed by atoms with Crippen LogP contribution in [0.4, 0.5) is 9.52 Å². The zero-order valence-electron chi connectivity index (χ0n) is 16.1. The van der Waals surface area contributed by atoms with Crippen molar-refractivity contribution in [3.8, 4) is 0 Å². The van der Waals surface area contributed by atoms with Crippen LogP contribution >= 0.6 is 11.3 Å². The number of hydrogen-bond acceptors (Lipinski definition) is 6. The van der Waals surface area contributed by atoms with Crippen LogP contribution in [0.1, 0.15) is 28.5 Å². The quantitative estimate of drug-likeness (QED) is 0.593. The number of halogens is 1. The maximum absolute atomic E-state index is 13.9. The molecule has 1 aromatic heterocycles. The van der Waals surface area contributed by atoms with E-state index in [9.17, 15) is 9.18 Å². The predicted molar refractivity (Wildman–Crippen MR) is 111 cm³/mol. The Morgan fingerprint density at radius 3 is 2.66 bits per heavy atom. The second-order valence-corrected chi connectivity index (χ2v) is 8.26. The lowest BCUT2D eigenvalue weighted by Gasteiger charge is -2.36. The maximum atomic E-state index is 13.9. The number of nitrogens with zero attached hydrogens (tertiary/aromatic N) is 3. The van der Waals surface area contributed by atoms with Gasteiger partial charge < -0.3 is 9.64 Å². The van der Waals surface area contributed by atoms with Gasteiger partial charge in [0.2, 0.25) is 5.13 Å². The topological polar surface area (TPSA) is 55.3 Å². The van der Waals surface area contributed by atoms with Gasteiger partial charge in [-0.15, -0.1) is 10.2 Å². The highest BCUT2D eigenvalue weighted by Crippen LogP contribution is 2.35. The van der Waals surface area contributed by atoms with Crippen LogP contribution in [-0.2, 0) is 16.0 Å². The third-order valence-electron chi connectivity index (χ3n) is 5.28. The Bertz CT molecular complexity index is 979. The molecule has 29 heavy (non-hydrogen) atoms. The third-order valence-corrected chi connectivity index (χ3v) is 6.27. The smallest absolute Gasteiger partial charge is 0.310 e. The fourth-order valence-electron chi connectivity index (χ4n) is 3.81. The maximum Gasteiger partial charge on any atom is 0.310 e. The fraction of sp³-hybridized carbons (Fsp3) is 0.318. The van der Waals surface area contributed by atoms with Gasteiger partial charge in [-0.25, -0.2) is 4.39 Å². The SMILES string of the molecule is COC(=O)C1CC(c2ccccc2)CN(c2nnc(Cc3ccccc3F)s2)C1. The van der Waals surface area contributed by atoms with E-state index in [1.54, 1.807) is 12.1 Å². The minimum Gasteiger partial charge on any atom is -0.469 e. The Kier molecular flexibility index (Phi) is 5.85. The standard InChI is InChI=1S/C22H22FN3O2S/c1-28-21(27)18-11-17(15-7-3-2-4-8-15)13-26(14-18)22-25-24-20(29-22)12-16-9-5-6-10-19(16)23/h2-10,17-18H,11-14H2,1H3. The lowest BCUT2D eigenvalue weighted by atomic mass is 9.85. The summed E-state index contributed by atoms with van der Waals surface area (Å²) in [6, 6.07) is 16.9. The summed E-state index contributed by atoms with van der Waals surface area (Å²) in [5.41, 5.74) is 1.80. The van der Waals surface area contributed by atoms with E-state index in [0.29, 0.717) is 18.5 Å². The summed E-state index contributed by atoms with van der Waals surface area (Å²) in [6.45, 7) is 1.30. The van der Waals surface area contributed by atoms with Crippen molar-refractivity contribution in [1.82, 2.24) is 10.2 Å². The summed E-state index contributed by atoms with van der Waals surface area (Å²) in [5, 5.41) is 10.1. The van der Waals surface area contributed by atoms with Crippen molar-refractivity contribution in [2.75, 3.05) is 25.1 Å². The number of anilines is 1. The molecule has 150 valence electrons. The number of rotatable bonds is 5. The van der Waals surface area contributed by atoms with Gasteiger partial charge in [0.15, 0.2) is 0 Å². The number of methoxy groups -OCH3 is 1. The van der Waals surface area contributed by atoms with Crippen molar-refractivity contribution in [3.05, 3.63) is 76.5 Å². The first-order valence-electron chi connectivity index (χ1n) is 9.57. The molecule has 0 bridgehead atoms. The van der Waals surface area contributed by atoms with Crippen LogP contribution in [0.15, 0.2) is 54.6 Å². The Morgan fingerprint density at radius 1 is 1.14 bits per heavy atom. The van der Waals surface area contributed by atoms with Crippen LogP contribution in [0.25, 0.3) is 0 Å². The highest BCUT2D eigenvalue weighted by molar-refractivity contribution is 7.15. The predicted octanol–water partition coefficient (Wildman–Crippen LogP) is 4.05. The highest BCUT2D eigenvalue weighted by atomic mass is 32.1. The zero-order chi connectivity index (χ0) is 20.2. The molecule has 2 aromatic carbocycles. The molecule has 1 aliphatic rings. The van der Waals surface area contributed by atoms with Gasteiger partial charge in [0.25, 0.3) is 0 Å². The van der Waals surface area contributed by atoms with Gasteiger partial charge in [0.1, 0.15) is 10.8 Å². The molecule has 1 aliphatic heterocycles. The number of carbonyl (C=O) groups is 1. The van der Waals surface area contributed by atoms with Crippen molar-refractivity contribution in [2.24, 2.45) is 5.92 Å². The Labute approximate surface area is 173 Å². The van der Waals surface area contributed by atoms with Crippen molar-refractivity contribution in [3.63, 3.8) is 0 Å². The first-order valence-corrected chi connectivity index (χ1v) is 10.4. The van der Waals surface area contributed by atoms with Gasteiger partial charge in [-0.1, -0.05) is 59.9 Å². The number of aromatic nitrogens is 2. The van der Waals surface area contributed by atoms with E-state index in [1.807, 2.05) is 24.3 Å². The molecular weight excluding hydrogens is 389 g/mol. The average Bonchev–Trinajstić information content (AvgIpc) is 3.24. The van der Waals surface area contributed by atoms with Crippen molar-refractivity contribution in [2.45, 2.75) is 18.8 Å².